The van der Waals surface area contributed by atoms with E-state index in [0.29, 0.717) is 38.8 Å². The highest BCUT2D eigenvalue weighted by Crippen LogP contribution is 2.37. The molecule has 2 amide bonds. The number of nitrogens with zero attached hydrogens (tertiary/aromatic N) is 3. The van der Waals surface area contributed by atoms with Crippen LogP contribution in [0, 0.1) is 0 Å². The maximum atomic E-state index is 11.9. The van der Waals surface area contributed by atoms with Crippen LogP contribution >= 0.6 is 0 Å². The highest BCUT2D eigenvalue weighted by molar-refractivity contribution is 5.90. The van der Waals surface area contributed by atoms with Gasteiger partial charge in [0.2, 0.25) is 11.7 Å². The van der Waals surface area contributed by atoms with Gasteiger partial charge in [0.25, 0.3) is 5.91 Å². The topological polar surface area (TPSA) is 100 Å². The highest BCUT2D eigenvalue weighted by Gasteiger charge is 2.28. The second-order valence-corrected chi connectivity index (χ2v) is 5.32. The predicted molar refractivity (Wildman–Crippen MR) is 72.7 cm³/mol. The highest BCUT2D eigenvalue weighted by atomic mass is 16.5. The zero-order valence-corrected chi connectivity index (χ0v) is 11.8. The molecule has 0 bridgehead atoms. The van der Waals surface area contributed by atoms with E-state index in [0.717, 1.165) is 18.7 Å². The number of nitrogens with one attached hydrogen (secondary N) is 2. The van der Waals surface area contributed by atoms with Crippen molar-refractivity contribution in [2.24, 2.45) is 0 Å². The van der Waals surface area contributed by atoms with Crippen LogP contribution in [0.3, 0.4) is 0 Å². The monoisotopic (exact) mass is 293 g/mol. The third-order valence-corrected chi connectivity index (χ3v) is 3.66. The molecule has 2 N–H and O–H groups in total. The van der Waals surface area contributed by atoms with E-state index in [9.17, 15) is 9.59 Å². The third kappa shape index (κ3) is 3.57. The van der Waals surface area contributed by atoms with Gasteiger partial charge in [0, 0.05) is 32.0 Å². The van der Waals surface area contributed by atoms with Gasteiger partial charge >= 0.3 is 0 Å². The molecule has 3 rings (SSSR count). The number of ether oxygens (including phenoxy) is 1. The Hall–Kier alpha value is -1.96. The minimum atomic E-state index is -0.340. The SMILES string of the molecule is O=C(NCCC(=O)N1CCOCC1)c1n[nH]c(C2CC2)n1. The Morgan fingerprint density at radius 2 is 2.10 bits per heavy atom. The summed E-state index contributed by atoms with van der Waals surface area (Å²) in [7, 11) is 0. The summed E-state index contributed by atoms with van der Waals surface area (Å²) >= 11 is 0. The van der Waals surface area contributed by atoms with Gasteiger partial charge in [-0.15, -0.1) is 5.10 Å². The van der Waals surface area contributed by atoms with Crippen LogP contribution in [0.4, 0.5) is 0 Å². The molecule has 8 heteroatoms. The quantitative estimate of drug-likeness (QED) is 0.773. The van der Waals surface area contributed by atoms with Gasteiger partial charge in [0.1, 0.15) is 5.82 Å². The Kier molecular flexibility index (Phi) is 4.14. The second-order valence-electron chi connectivity index (χ2n) is 5.32. The van der Waals surface area contributed by atoms with E-state index in [4.69, 9.17) is 4.74 Å². The summed E-state index contributed by atoms with van der Waals surface area (Å²) in [4.78, 5) is 29.7. The molecule has 8 nitrogen and oxygen atoms in total. The molecule has 0 radical (unpaired) electrons. The van der Waals surface area contributed by atoms with Crippen molar-refractivity contribution in [3.63, 3.8) is 0 Å². The molecule has 1 aliphatic carbocycles. The molecule has 1 aromatic rings. The first-order chi connectivity index (χ1) is 10.2. The normalized spacial score (nSPS) is 18.6. The molecular weight excluding hydrogens is 274 g/mol. The number of hydrogen-bond acceptors (Lipinski definition) is 5. The minimum absolute atomic E-state index is 0.0345. The number of carbonyl (C=O) groups is 2. The Balaban J connectivity index is 1.41. The molecule has 0 atom stereocenters. The zero-order valence-electron chi connectivity index (χ0n) is 11.8. The number of rotatable bonds is 5. The van der Waals surface area contributed by atoms with Gasteiger partial charge in [-0.3, -0.25) is 14.7 Å². The van der Waals surface area contributed by atoms with Crippen molar-refractivity contribution in [1.82, 2.24) is 25.4 Å². The van der Waals surface area contributed by atoms with Crippen LogP contribution in [-0.4, -0.2) is 64.7 Å². The largest absolute Gasteiger partial charge is 0.378 e. The van der Waals surface area contributed by atoms with Crippen molar-refractivity contribution in [3.8, 4) is 0 Å². The molecule has 114 valence electrons. The fourth-order valence-electron chi connectivity index (χ4n) is 2.25. The summed E-state index contributed by atoms with van der Waals surface area (Å²) < 4.78 is 5.19. The lowest BCUT2D eigenvalue weighted by molar-refractivity contribution is -0.135. The Bertz CT molecular complexity index is 520. The fraction of sp³-hybridized carbons (Fsp3) is 0.692. The number of aromatic nitrogens is 3. The van der Waals surface area contributed by atoms with E-state index in [1.807, 2.05) is 0 Å². The Labute approximate surface area is 122 Å². The molecule has 21 heavy (non-hydrogen) atoms. The first-order valence-electron chi connectivity index (χ1n) is 7.30. The van der Waals surface area contributed by atoms with E-state index < -0.39 is 0 Å². The maximum Gasteiger partial charge on any atom is 0.290 e. The van der Waals surface area contributed by atoms with Gasteiger partial charge in [0.05, 0.1) is 13.2 Å². The van der Waals surface area contributed by atoms with Crippen LogP contribution in [0.25, 0.3) is 0 Å². The first kappa shape index (κ1) is 14.0. The number of morpholine rings is 1. The number of amides is 2. The smallest absolute Gasteiger partial charge is 0.290 e. The zero-order chi connectivity index (χ0) is 14.7. The molecule has 2 fully saturated rings. The van der Waals surface area contributed by atoms with Crippen LogP contribution in [0.1, 0.15) is 41.6 Å². The van der Waals surface area contributed by atoms with Crippen molar-refractivity contribution >= 4 is 11.8 Å². The molecule has 1 saturated carbocycles. The second kappa shape index (κ2) is 6.21. The van der Waals surface area contributed by atoms with Crippen molar-refractivity contribution in [1.29, 1.82) is 0 Å². The molecule has 0 unspecified atom stereocenters. The van der Waals surface area contributed by atoms with Crippen molar-refractivity contribution in [3.05, 3.63) is 11.6 Å². The van der Waals surface area contributed by atoms with Gasteiger partial charge in [-0.05, 0) is 12.8 Å². The average Bonchev–Trinajstić information content (AvgIpc) is 3.25. The standard InChI is InChI=1S/C13H19N5O3/c19-10(18-5-7-21-8-6-18)3-4-14-13(20)12-15-11(16-17-12)9-1-2-9/h9H,1-8H2,(H,14,20)(H,15,16,17). The van der Waals surface area contributed by atoms with Crippen molar-refractivity contribution < 1.29 is 14.3 Å². The summed E-state index contributed by atoms with van der Waals surface area (Å²) in [5, 5.41) is 9.37. The average molecular weight is 293 g/mol. The summed E-state index contributed by atoms with van der Waals surface area (Å²) in [5.74, 6) is 1.06. The number of aromatic amines is 1. The van der Waals surface area contributed by atoms with Gasteiger partial charge in [-0.2, -0.15) is 0 Å². The van der Waals surface area contributed by atoms with Crippen molar-refractivity contribution in [2.45, 2.75) is 25.2 Å². The molecule has 1 aliphatic heterocycles. The van der Waals surface area contributed by atoms with Crippen LogP contribution in [0.15, 0.2) is 0 Å². The van der Waals surface area contributed by atoms with E-state index in [-0.39, 0.29) is 24.1 Å². The first-order valence-corrected chi connectivity index (χ1v) is 7.30. The maximum absolute atomic E-state index is 11.9. The predicted octanol–water partition coefficient (Wildman–Crippen LogP) is -0.339. The van der Waals surface area contributed by atoms with Gasteiger partial charge in [-0.25, -0.2) is 4.98 Å². The fourth-order valence-corrected chi connectivity index (χ4v) is 2.25. The Morgan fingerprint density at radius 3 is 2.81 bits per heavy atom. The Morgan fingerprint density at radius 1 is 1.33 bits per heavy atom. The van der Waals surface area contributed by atoms with Gasteiger partial charge < -0.3 is 15.0 Å². The summed E-state index contributed by atoms with van der Waals surface area (Å²) in [5.41, 5.74) is 0. The molecule has 0 aromatic carbocycles. The molecule has 2 aliphatic rings. The molecule has 0 spiro atoms. The van der Waals surface area contributed by atoms with Crippen LogP contribution in [0.2, 0.25) is 0 Å². The van der Waals surface area contributed by atoms with Crippen LogP contribution < -0.4 is 5.32 Å². The number of hydrogen-bond donors (Lipinski definition) is 2. The van der Waals surface area contributed by atoms with Crippen molar-refractivity contribution in [2.75, 3.05) is 32.8 Å². The lowest BCUT2D eigenvalue weighted by atomic mass is 10.3. The van der Waals surface area contributed by atoms with E-state index in [2.05, 4.69) is 20.5 Å². The van der Waals surface area contributed by atoms with E-state index in [1.54, 1.807) is 4.90 Å². The number of carbonyl (C=O) groups excluding carboxylic acids is 2. The summed E-state index contributed by atoms with van der Waals surface area (Å²) in [6, 6.07) is 0. The van der Waals surface area contributed by atoms with E-state index >= 15 is 0 Å². The van der Waals surface area contributed by atoms with Gasteiger partial charge in [0.15, 0.2) is 0 Å². The molecule has 1 aromatic heterocycles. The molecular formula is C13H19N5O3. The lowest BCUT2D eigenvalue weighted by Crippen LogP contribution is -2.42. The van der Waals surface area contributed by atoms with Gasteiger partial charge in [-0.1, -0.05) is 0 Å². The summed E-state index contributed by atoms with van der Waals surface area (Å²) in [6.45, 7) is 2.71. The summed E-state index contributed by atoms with van der Waals surface area (Å²) in [6.07, 6.45) is 2.49. The molecule has 1 saturated heterocycles. The van der Waals surface area contributed by atoms with Crippen LogP contribution in [-0.2, 0) is 9.53 Å². The number of H-pyrrole nitrogens is 1. The molecule has 2 heterocycles. The lowest BCUT2D eigenvalue weighted by Gasteiger charge is -2.26. The van der Waals surface area contributed by atoms with E-state index in [1.165, 1.54) is 0 Å². The third-order valence-electron chi connectivity index (χ3n) is 3.66. The van der Waals surface area contributed by atoms with Crippen LogP contribution in [0.5, 0.6) is 0 Å². The minimum Gasteiger partial charge on any atom is -0.378 e.